The summed E-state index contributed by atoms with van der Waals surface area (Å²) in [7, 11) is 2.08. The number of hydrogen-bond acceptors (Lipinski definition) is 4. The second-order valence-corrected chi connectivity index (χ2v) is 6.16. The van der Waals surface area contributed by atoms with Crippen LogP contribution < -0.4 is 10.6 Å². The van der Waals surface area contributed by atoms with E-state index in [0.717, 1.165) is 25.3 Å². The van der Waals surface area contributed by atoms with Crippen molar-refractivity contribution < 1.29 is 9.53 Å². The Kier molecular flexibility index (Phi) is 6.64. The van der Waals surface area contributed by atoms with E-state index >= 15 is 0 Å². The topological polar surface area (TPSA) is 53.6 Å². The van der Waals surface area contributed by atoms with Gasteiger partial charge in [0.25, 0.3) is 0 Å². The molecule has 0 saturated carbocycles. The molecule has 5 nitrogen and oxygen atoms in total. The maximum Gasteiger partial charge on any atom is 0.234 e. The van der Waals surface area contributed by atoms with Gasteiger partial charge in [0.15, 0.2) is 0 Å². The number of ether oxygens (including phenoxy) is 1. The standard InChI is InChI=1S/C16H24ClN3O2/c1-12(13-3-5-14(17)6-4-13)19-16(21)10-18-9-15-11-20(2)7-8-22-15/h3-6,12,15,18H,7-11H2,1-2H3,(H,19,21)/t12-,15-/m0/s1. The van der Waals surface area contributed by atoms with Gasteiger partial charge < -0.3 is 20.3 Å². The van der Waals surface area contributed by atoms with Crippen LogP contribution in [0.1, 0.15) is 18.5 Å². The molecule has 0 spiro atoms. The lowest BCUT2D eigenvalue weighted by atomic mass is 10.1. The van der Waals surface area contributed by atoms with Crippen molar-refractivity contribution in [2.45, 2.75) is 19.1 Å². The number of rotatable bonds is 6. The first-order valence-corrected chi connectivity index (χ1v) is 7.98. The molecule has 0 bridgehead atoms. The summed E-state index contributed by atoms with van der Waals surface area (Å²) in [5.74, 6) is -0.0217. The Morgan fingerprint density at radius 3 is 2.86 bits per heavy atom. The zero-order chi connectivity index (χ0) is 15.9. The Morgan fingerprint density at radius 2 is 2.18 bits per heavy atom. The highest BCUT2D eigenvalue weighted by molar-refractivity contribution is 6.30. The lowest BCUT2D eigenvalue weighted by molar-refractivity contribution is -0.121. The number of morpholine rings is 1. The van der Waals surface area contributed by atoms with Crippen LogP contribution in [-0.4, -0.2) is 56.7 Å². The lowest BCUT2D eigenvalue weighted by Gasteiger charge is -2.30. The van der Waals surface area contributed by atoms with Crippen LogP contribution >= 0.6 is 11.6 Å². The van der Waals surface area contributed by atoms with E-state index in [0.29, 0.717) is 18.1 Å². The molecule has 1 amide bonds. The quantitative estimate of drug-likeness (QED) is 0.831. The molecule has 1 fully saturated rings. The van der Waals surface area contributed by atoms with Crippen LogP contribution in [0.25, 0.3) is 0 Å². The lowest BCUT2D eigenvalue weighted by Crippen LogP contribution is -2.46. The molecule has 0 aliphatic carbocycles. The van der Waals surface area contributed by atoms with Crippen molar-refractivity contribution in [3.63, 3.8) is 0 Å². The van der Waals surface area contributed by atoms with E-state index in [2.05, 4.69) is 22.6 Å². The first kappa shape index (κ1) is 17.2. The van der Waals surface area contributed by atoms with E-state index in [9.17, 15) is 4.79 Å². The summed E-state index contributed by atoms with van der Waals surface area (Å²) < 4.78 is 5.64. The highest BCUT2D eigenvalue weighted by atomic mass is 35.5. The fourth-order valence-electron chi connectivity index (χ4n) is 2.46. The number of nitrogens with one attached hydrogen (secondary N) is 2. The Bertz CT molecular complexity index is 481. The minimum absolute atomic E-state index is 0.0217. The predicted octanol–water partition coefficient (Wildman–Crippen LogP) is 1.44. The van der Waals surface area contributed by atoms with Gasteiger partial charge in [0, 0.05) is 24.7 Å². The molecule has 1 aliphatic heterocycles. The number of amides is 1. The SMILES string of the molecule is C[C@H](NC(=O)CNC[C@H]1CN(C)CCO1)c1ccc(Cl)cc1. The molecule has 0 radical (unpaired) electrons. The maximum atomic E-state index is 11.9. The maximum absolute atomic E-state index is 11.9. The summed E-state index contributed by atoms with van der Waals surface area (Å²) in [6.45, 7) is 5.56. The molecule has 1 saturated heterocycles. The first-order valence-electron chi connectivity index (χ1n) is 7.60. The Morgan fingerprint density at radius 1 is 1.45 bits per heavy atom. The van der Waals surface area contributed by atoms with Crippen molar-refractivity contribution in [2.24, 2.45) is 0 Å². The van der Waals surface area contributed by atoms with Gasteiger partial charge in [-0.2, -0.15) is 0 Å². The van der Waals surface area contributed by atoms with Gasteiger partial charge >= 0.3 is 0 Å². The molecule has 1 aliphatic rings. The van der Waals surface area contributed by atoms with Crippen LogP contribution in [0.15, 0.2) is 24.3 Å². The average Bonchev–Trinajstić information content (AvgIpc) is 2.48. The van der Waals surface area contributed by atoms with Gasteiger partial charge in [0.1, 0.15) is 0 Å². The number of halogens is 1. The van der Waals surface area contributed by atoms with Gasteiger partial charge in [-0.05, 0) is 31.7 Å². The second-order valence-electron chi connectivity index (χ2n) is 5.73. The van der Waals surface area contributed by atoms with Crippen LogP contribution in [0.2, 0.25) is 5.02 Å². The minimum atomic E-state index is -0.0383. The van der Waals surface area contributed by atoms with Gasteiger partial charge in [-0.1, -0.05) is 23.7 Å². The van der Waals surface area contributed by atoms with E-state index in [-0.39, 0.29) is 18.1 Å². The van der Waals surface area contributed by atoms with E-state index < -0.39 is 0 Å². The second kappa shape index (κ2) is 8.48. The molecule has 22 heavy (non-hydrogen) atoms. The molecule has 6 heteroatoms. The summed E-state index contributed by atoms with van der Waals surface area (Å²) in [5.41, 5.74) is 1.04. The number of benzene rings is 1. The van der Waals surface area contributed by atoms with Gasteiger partial charge in [0.2, 0.25) is 5.91 Å². The third-order valence-corrected chi connectivity index (χ3v) is 4.00. The minimum Gasteiger partial charge on any atom is -0.374 e. The van der Waals surface area contributed by atoms with Crippen molar-refractivity contribution in [2.75, 3.05) is 39.8 Å². The number of nitrogens with zero attached hydrogens (tertiary/aromatic N) is 1. The number of likely N-dealkylation sites (N-methyl/N-ethyl adjacent to an activating group) is 1. The van der Waals surface area contributed by atoms with Crippen LogP contribution in [0, 0.1) is 0 Å². The van der Waals surface area contributed by atoms with Crippen LogP contribution in [-0.2, 0) is 9.53 Å². The third-order valence-electron chi connectivity index (χ3n) is 3.75. The summed E-state index contributed by atoms with van der Waals surface area (Å²) in [4.78, 5) is 14.2. The Hall–Kier alpha value is -1.14. The molecule has 1 aromatic rings. The van der Waals surface area contributed by atoms with Crippen LogP contribution in [0.3, 0.4) is 0 Å². The van der Waals surface area contributed by atoms with E-state index in [4.69, 9.17) is 16.3 Å². The van der Waals surface area contributed by atoms with Gasteiger partial charge in [-0.15, -0.1) is 0 Å². The fourth-order valence-corrected chi connectivity index (χ4v) is 2.59. The van der Waals surface area contributed by atoms with Gasteiger partial charge in [0.05, 0.1) is 25.3 Å². The van der Waals surface area contributed by atoms with Crippen molar-refractivity contribution in [3.05, 3.63) is 34.9 Å². The largest absolute Gasteiger partial charge is 0.374 e. The van der Waals surface area contributed by atoms with E-state index in [1.807, 2.05) is 31.2 Å². The van der Waals surface area contributed by atoms with Gasteiger partial charge in [-0.3, -0.25) is 4.79 Å². The zero-order valence-corrected chi connectivity index (χ0v) is 13.9. The molecule has 0 aromatic heterocycles. The zero-order valence-electron chi connectivity index (χ0n) is 13.1. The molecule has 2 atom stereocenters. The third kappa shape index (κ3) is 5.57. The van der Waals surface area contributed by atoms with Crippen molar-refractivity contribution in [1.82, 2.24) is 15.5 Å². The Balaban J connectivity index is 1.68. The molecule has 2 rings (SSSR count). The van der Waals surface area contributed by atoms with Crippen molar-refractivity contribution in [3.8, 4) is 0 Å². The number of carbonyl (C=O) groups is 1. The first-order chi connectivity index (χ1) is 10.5. The van der Waals surface area contributed by atoms with E-state index in [1.54, 1.807) is 0 Å². The molecular formula is C16H24ClN3O2. The van der Waals surface area contributed by atoms with Crippen molar-refractivity contribution in [1.29, 1.82) is 0 Å². The normalized spacial score (nSPS) is 20.6. The Labute approximate surface area is 137 Å². The molecule has 1 heterocycles. The van der Waals surface area contributed by atoms with Crippen LogP contribution in [0.4, 0.5) is 0 Å². The molecule has 122 valence electrons. The van der Waals surface area contributed by atoms with E-state index in [1.165, 1.54) is 0 Å². The highest BCUT2D eigenvalue weighted by Crippen LogP contribution is 2.15. The highest BCUT2D eigenvalue weighted by Gasteiger charge is 2.17. The van der Waals surface area contributed by atoms with Crippen molar-refractivity contribution >= 4 is 17.5 Å². The summed E-state index contributed by atoms with van der Waals surface area (Å²) in [6.07, 6.45) is 0.153. The predicted molar refractivity (Wildman–Crippen MR) is 88.1 cm³/mol. The molecule has 1 aromatic carbocycles. The number of hydrogen-bond donors (Lipinski definition) is 2. The molecular weight excluding hydrogens is 302 g/mol. The molecule has 2 N–H and O–H groups in total. The number of carbonyl (C=O) groups excluding carboxylic acids is 1. The monoisotopic (exact) mass is 325 g/mol. The molecule has 0 unspecified atom stereocenters. The summed E-state index contributed by atoms with van der Waals surface area (Å²) in [5, 5.41) is 6.82. The van der Waals surface area contributed by atoms with Crippen LogP contribution in [0.5, 0.6) is 0 Å². The van der Waals surface area contributed by atoms with Gasteiger partial charge in [-0.25, -0.2) is 0 Å². The fraction of sp³-hybridized carbons (Fsp3) is 0.562. The summed E-state index contributed by atoms with van der Waals surface area (Å²) >= 11 is 5.86. The average molecular weight is 326 g/mol. The summed E-state index contributed by atoms with van der Waals surface area (Å²) in [6, 6.07) is 7.46. The smallest absolute Gasteiger partial charge is 0.234 e.